The van der Waals surface area contributed by atoms with Crippen LogP contribution in [0.3, 0.4) is 0 Å². The van der Waals surface area contributed by atoms with Crippen molar-refractivity contribution in [2.75, 3.05) is 9.80 Å². The first kappa shape index (κ1) is 26.4. The van der Waals surface area contributed by atoms with E-state index in [0.717, 1.165) is 5.56 Å². The van der Waals surface area contributed by atoms with Gasteiger partial charge in [0.15, 0.2) is 5.11 Å². The van der Waals surface area contributed by atoms with Crippen molar-refractivity contribution in [2.24, 2.45) is 0 Å². The van der Waals surface area contributed by atoms with Gasteiger partial charge in [-0.15, -0.1) is 0 Å². The zero-order valence-corrected chi connectivity index (χ0v) is 23.0. The molecule has 1 heterocycles. The molecule has 4 aromatic rings. The number of halogens is 1. The Morgan fingerprint density at radius 1 is 0.769 bits per heavy atom. The molecule has 0 spiro atoms. The van der Waals surface area contributed by atoms with Crippen molar-refractivity contribution < 1.29 is 14.3 Å². The van der Waals surface area contributed by atoms with E-state index in [4.69, 9.17) is 28.6 Å². The molecule has 1 saturated heterocycles. The lowest BCUT2D eigenvalue weighted by Crippen LogP contribution is -2.56. The Hall–Kier alpha value is -4.26. The van der Waals surface area contributed by atoms with Gasteiger partial charge in [0.1, 0.15) is 17.9 Å². The van der Waals surface area contributed by atoms with Crippen molar-refractivity contribution in [3.05, 3.63) is 130 Å². The second-order valence-electron chi connectivity index (χ2n) is 9.19. The maximum Gasteiger partial charge on any atom is 0.270 e. The molecule has 5 nitrogen and oxygen atoms in total. The molecular weight excluding hydrogens is 528 g/mol. The average Bonchev–Trinajstić information content (AvgIpc) is 2.94. The number of anilines is 2. The van der Waals surface area contributed by atoms with Gasteiger partial charge in [0.05, 0.1) is 16.4 Å². The fourth-order valence-electron chi connectivity index (χ4n) is 4.28. The quantitative estimate of drug-likeness (QED) is 0.143. The fraction of sp³-hybridized carbons (Fsp3) is 0.0938. The summed E-state index contributed by atoms with van der Waals surface area (Å²) in [5.41, 5.74) is 5.15. The number of benzene rings is 4. The van der Waals surface area contributed by atoms with Crippen molar-refractivity contribution in [1.29, 1.82) is 0 Å². The van der Waals surface area contributed by atoms with E-state index in [0.29, 0.717) is 34.3 Å². The molecule has 0 N–H and O–H groups in total. The molecule has 0 saturated carbocycles. The molecule has 1 aliphatic rings. The van der Waals surface area contributed by atoms with Crippen LogP contribution in [0.2, 0.25) is 5.02 Å². The SMILES string of the molecule is Cc1ccc(COc2ccc(C=C3C(=O)N(c4ccccc4)C(=S)N(c4ccccc4)C3=O)cc2Cl)cc1C. The molecule has 194 valence electrons. The molecule has 4 aromatic carbocycles. The number of ether oxygens (including phenoxy) is 1. The van der Waals surface area contributed by atoms with Gasteiger partial charge in [-0.1, -0.05) is 72.3 Å². The molecular formula is C32H25ClN2O3S. The summed E-state index contributed by atoms with van der Waals surface area (Å²) in [6, 6.07) is 29.4. The molecule has 7 heteroatoms. The van der Waals surface area contributed by atoms with Crippen LogP contribution in [0.25, 0.3) is 6.08 Å². The molecule has 0 radical (unpaired) electrons. The maximum absolute atomic E-state index is 13.7. The van der Waals surface area contributed by atoms with Crippen molar-refractivity contribution in [2.45, 2.75) is 20.5 Å². The summed E-state index contributed by atoms with van der Waals surface area (Å²) < 4.78 is 5.95. The fourth-order valence-corrected chi connectivity index (χ4v) is 4.90. The van der Waals surface area contributed by atoms with Gasteiger partial charge in [0.2, 0.25) is 0 Å². The molecule has 2 amide bonds. The number of hydrogen-bond acceptors (Lipinski definition) is 4. The standard InChI is InChI=1S/C32H25ClN2O3S/c1-21-13-14-24(17-22(21)2)20-38-29-16-15-23(19-28(29)33)18-27-30(36)34(25-9-5-3-6-10-25)32(39)35(31(27)37)26-11-7-4-8-12-26/h3-19H,20H2,1-2H3. The highest BCUT2D eigenvalue weighted by Crippen LogP contribution is 2.32. The lowest BCUT2D eigenvalue weighted by atomic mass is 10.0. The van der Waals surface area contributed by atoms with Crippen LogP contribution in [0.15, 0.2) is 103 Å². The number of nitrogens with zero attached hydrogens (tertiary/aromatic N) is 2. The Morgan fingerprint density at radius 3 is 1.90 bits per heavy atom. The van der Waals surface area contributed by atoms with Crippen LogP contribution in [0.5, 0.6) is 5.75 Å². The van der Waals surface area contributed by atoms with Gasteiger partial charge < -0.3 is 4.74 Å². The minimum absolute atomic E-state index is 0.0313. The normalized spacial score (nSPS) is 13.6. The predicted molar refractivity (Wildman–Crippen MR) is 160 cm³/mol. The number of amides is 2. The van der Waals surface area contributed by atoms with Crippen molar-refractivity contribution >= 4 is 58.2 Å². The molecule has 1 aliphatic heterocycles. The van der Waals surface area contributed by atoms with Gasteiger partial charge >= 0.3 is 0 Å². The third-order valence-corrected chi connectivity index (χ3v) is 7.17. The number of carbonyl (C=O) groups is 2. The van der Waals surface area contributed by atoms with Gasteiger partial charge in [-0.05, 0) is 90.8 Å². The zero-order chi connectivity index (χ0) is 27.5. The monoisotopic (exact) mass is 552 g/mol. The van der Waals surface area contributed by atoms with Gasteiger partial charge in [-0.3, -0.25) is 19.4 Å². The van der Waals surface area contributed by atoms with Crippen LogP contribution in [0, 0.1) is 13.8 Å². The second kappa shape index (κ2) is 11.2. The number of thiocarbonyl (C=S) groups is 1. The van der Waals surface area contributed by atoms with E-state index in [1.807, 2.05) is 42.5 Å². The number of para-hydroxylation sites is 2. The molecule has 5 rings (SSSR count). The highest BCUT2D eigenvalue weighted by atomic mass is 35.5. The summed E-state index contributed by atoms with van der Waals surface area (Å²) in [6.45, 7) is 4.50. The van der Waals surface area contributed by atoms with Gasteiger partial charge in [0.25, 0.3) is 11.8 Å². The van der Waals surface area contributed by atoms with E-state index < -0.39 is 11.8 Å². The third-order valence-electron chi connectivity index (χ3n) is 6.51. The van der Waals surface area contributed by atoms with E-state index in [-0.39, 0.29) is 10.7 Å². The average molecular weight is 553 g/mol. The van der Waals surface area contributed by atoms with E-state index >= 15 is 0 Å². The topological polar surface area (TPSA) is 49.9 Å². The first-order valence-electron chi connectivity index (χ1n) is 12.4. The summed E-state index contributed by atoms with van der Waals surface area (Å²) >= 11 is 12.2. The molecule has 0 aliphatic carbocycles. The van der Waals surface area contributed by atoms with Crippen molar-refractivity contribution in [3.63, 3.8) is 0 Å². The van der Waals surface area contributed by atoms with E-state index in [1.54, 1.807) is 42.5 Å². The summed E-state index contributed by atoms with van der Waals surface area (Å²) in [4.78, 5) is 30.1. The molecule has 0 aromatic heterocycles. The summed E-state index contributed by atoms with van der Waals surface area (Å²) in [5.74, 6) is -0.500. The Kier molecular flexibility index (Phi) is 7.59. The number of aryl methyl sites for hydroxylation is 2. The van der Waals surface area contributed by atoms with Crippen molar-refractivity contribution in [3.8, 4) is 5.75 Å². The minimum Gasteiger partial charge on any atom is -0.487 e. The number of carbonyl (C=O) groups excluding carboxylic acids is 2. The Morgan fingerprint density at radius 2 is 1.36 bits per heavy atom. The first-order valence-corrected chi connectivity index (χ1v) is 13.2. The first-order chi connectivity index (χ1) is 18.8. The summed E-state index contributed by atoms with van der Waals surface area (Å²) in [6.07, 6.45) is 1.54. The molecule has 39 heavy (non-hydrogen) atoms. The lowest BCUT2D eigenvalue weighted by Gasteiger charge is -2.36. The predicted octanol–water partition coefficient (Wildman–Crippen LogP) is 7.28. The maximum atomic E-state index is 13.7. The minimum atomic E-state index is -0.505. The van der Waals surface area contributed by atoms with E-state index in [1.165, 1.54) is 27.0 Å². The van der Waals surface area contributed by atoms with Crippen LogP contribution in [-0.4, -0.2) is 16.9 Å². The molecule has 1 fully saturated rings. The number of hydrogen-bond donors (Lipinski definition) is 0. The number of rotatable bonds is 6. The van der Waals surface area contributed by atoms with Crippen molar-refractivity contribution in [1.82, 2.24) is 0 Å². The van der Waals surface area contributed by atoms with Crippen LogP contribution in [0.4, 0.5) is 11.4 Å². The van der Waals surface area contributed by atoms with Crippen LogP contribution >= 0.6 is 23.8 Å². The van der Waals surface area contributed by atoms with Gasteiger partial charge in [-0.2, -0.15) is 0 Å². The second-order valence-corrected chi connectivity index (χ2v) is 9.96. The van der Waals surface area contributed by atoms with Gasteiger partial charge in [-0.25, -0.2) is 0 Å². The largest absolute Gasteiger partial charge is 0.487 e. The molecule has 0 bridgehead atoms. The van der Waals surface area contributed by atoms with Crippen LogP contribution in [-0.2, 0) is 16.2 Å². The van der Waals surface area contributed by atoms with E-state index in [2.05, 4.69) is 26.0 Å². The van der Waals surface area contributed by atoms with E-state index in [9.17, 15) is 9.59 Å². The summed E-state index contributed by atoms with van der Waals surface area (Å²) in [5, 5.41) is 0.465. The third kappa shape index (κ3) is 5.48. The Labute approximate surface area is 237 Å². The van der Waals surface area contributed by atoms with Crippen LogP contribution in [0.1, 0.15) is 22.3 Å². The lowest BCUT2D eigenvalue weighted by molar-refractivity contribution is -0.120. The Bertz CT molecular complexity index is 1540. The molecule has 0 unspecified atom stereocenters. The smallest absolute Gasteiger partial charge is 0.270 e. The highest BCUT2D eigenvalue weighted by molar-refractivity contribution is 7.81. The Balaban J connectivity index is 1.47. The highest BCUT2D eigenvalue weighted by Gasteiger charge is 2.41. The molecule has 0 atom stereocenters. The van der Waals surface area contributed by atoms with Gasteiger partial charge in [0, 0.05) is 0 Å². The summed E-state index contributed by atoms with van der Waals surface area (Å²) in [7, 11) is 0. The van der Waals surface area contributed by atoms with Crippen LogP contribution < -0.4 is 14.5 Å². The zero-order valence-electron chi connectivity index (χ0n) is 21.4.